The van der Waals surface area contributed by atoms with Crippen LogP contribution in [0.15, 0.2) is 103 Å². The summed E-state index contributed by atoms with van der Waals surface area (Å²) in [5.41, 5.74) is 2.12. The number of carbonyl (C=O) groups excluding carboxylic acids is 3. The first-order valence-corrected chi connectivity index (χ1v) is 15.2. The maximum absolute atomic E-state index is 14.0. The van der Waals surface area contributed by atoms with Crippen LogP contribution in [0.3, 0.4) is 0 Å². The summed E-state index contributed by atoms with van der Waals surface area (Å²) in [5, 5.41) is 4.97. The molecular formula is C37H36F3N3O4. The van der Waals surface area contributed by atoms with Gasteiger partial charge in [0.15, 0.2) is 0 Å². The maximum atomic E-state index is 14.0. The van der Waals surface area contributed by atoms with Gasteiger partial charge >= 0.3 is 12.3 Å². The number of benzene rings is 4. The molecule has 7 nitrogen and oxygen atoms in total. The van der Waals surface area contributed by atoms with E-state index in [1.54, 1.807) is 93.6 Å². The van der Waals surface area contributed by atoms with Crippen LogP contribution in [0, 0.1) is 0 Å². The molecule has 4 aromatic carbocycles. The second-order valence-corrected chi connectivity index (χ2v) is 12.5. The largest absolute Gasteiger partial charge is 0.444 e. The summed E-state index contributed by atoms with van der Waals surface area (Å²) in [6, 6.07) is 30.1. The zero-order valence-corrected chi connectivity index (χ0v) is 26.4. The summed E-state index contributed by atoms with van der Waals surface area (Å²) < 4.78 is 45.7. The highest BCUT2D eigenvalue weighted by Crippen LogP contribution is 2.51. The standard InChI is InChI=1S/C37H36F3N3O4/c1-35(2,3)47-34(46)43(23-25-17-19-27(20-18-25)42-32(44)26-11-5-4-6-12-26)22-21-36(33(45)41-24-37(38,39)40)30-15-9-7-13-28(30)29-14-8-10-16-31(29)36/h4-20H,21-24H2,1-3H3,(H,41,45)(H,42,44). The Hall–Kier alpha value is -5.12. The van der Waals surface area contributed by atoms with Crippen molar-refractivity contribution in [1.82, 2.24) is 10.2 Å². The fourth-order valence-corrected chi connectivity index (χ4v) is 5.85. The van der Waals surface area contributed by atoms with E-state index in [1.165, 1.54) is 4.90 Å². The van der Waals surface area contributed by atoms with Gasteiger partial charge < -0.3 is 20.3 Å². The quantitative estimate of drug-likeness (QED) is 0.196. The molecule has 0 saturated carbocycles. The van der Waals surface area contributed by atoms with Crippen LogP contribution in [-0.4, -0.2) is 47.7 Å². The molecule has 0 unspecified atom stereocenters. The third-order valence-electron chi connectivity index (χ3n) is 7.93. The molecule has 2 N–H and O–H groups in total. The summed E-state index contributed by atoms with van der Waals surface area (Å²) >= 11 is 0. The van der Waals surface area contributed by atoms with Crippen molar-refractivity contribution in [1.29, 1.82) is 0 Å². The van der Waals surface area contributed by atoms with Gasteiger partial charge in [-0.15, -0.1) is 0 Å². The number of alkyl halides is 3. The normalized spacial score (nSPS) is 13.2. The van der Waals surface area contributed by atoms with Crippen LogP contribution in [0.4, 0.5) is 23.7 Å². The van der Waals surface area contributed by atoms with Gasteiger partial charge in [0.2, 0.25) is 5.91 Å². The number of anilines is 1. The molecule has 47 heavy (non-hydrogen) atoms. The van der Waals surface area contributed by atoms with E-state index in [9.17, 15) is 27.6 Å². The number of ether oxygens (including phenoxy) is 1. The Morgan fingerprint density at radius 1 is 0.766 bits per heavy atom. The predicted octanol–water partition coefficient (Wildman–Crippen LogP) is 7.71. The van der Waals surface area contributed by atoms with E-state index in [4.69, 9.17) is 4.74 Å². The van der Waals surface area contributed by atoms with Gasteiger partial charge in [-0.05, 0) is 79.3 Å². The number of nitrogens with one attached hydrogen (secondary N) is 2. The van der Waals surface area contributed by atoms with Crippen molar-refractivity contribution in [3.8, 4) is 11.1 Å². The number of amides is 3. The molecule has 0 saturated heterocycles. The molecule has 0 aromatic heterocycles. The fourth-order valence-electron chi connectivity index (χ4n) is 5.85. The van der Waals surface area contributed by atoms with Gasteiger partial charge in [-0.2, -0.15) is 13.2 Å². The molecule has 1 aliphatic carbocycles. The SMILES string of the molecule is CC(C)(C)OC(=O)N(CCC1(C(=O)NCC(F)(F)F)c2ccccc2-c2ccccc21)Cc1ccc(NC(=O)c2ccccc2)cc1. The fraction of sp³-hybridized carbons (Fsp3) is 0.270. The van der Waals surface area contributed by atoms with E-state index in [1.807, 2.05) is 30.3 Å². The van der Waals surface area contributed by atoms with E-state index >= 15 is 0 Å². The Balaban J connectivity index is 1.44. The second-order valence-electron chi connectivity index (χ2n) is 12.5. The lowest BCUT2D eigenvalue weighted by atomic mass is 9.74. The lowest BCUT2D eigenvalue weighted by Gasteiger charge is -2.34. The number of hydrogen-bond acceptors (Lipinski definition) is 4. The molecule has 10 heteroatoms. The van der Waals surface area contributed by atoms with Crippen molar-refractivity contribution in [3.05, 3.63) is 125 Å². The average Bonchev–Trinajstić information content (AvgIpc) is 3.32. The first kappa shape index (κ1) is 33.2. The Kier molecular flexibility index (Phi) is 9.42. The van der Waals surface area contributed by atoms with Gasteiger partial charge in [-0.25, -0.2) is 4.79 Å². The molecule has 4 aromatic rings. The highest BCUT2D eigenvalue weighted by molar-refractivity contribution is 6.04. The van der Waals surface area contributed by atoms with Gasteiger partial charge in [0.05, 0.1) is 0 Å². The molecule has 0 spiro atoms. The minimum Gasteiger partial charge on any atom is -0.444 e. The molecule has 3 amide bonds. The van der Waals surface area contributed by atoms with Crippen LogP contribution >= 0.6 is 0 Å². The van der Waals surface area contributed by atoms with Crippen LogP contribution in [0.1, 0.15) is 54.2 Å². The van der Waals surface area contributed by atoms with E-state index < -0.39 is 35.7 Å². The van der Waals surface area contributed by atoms with Crippen molar-refractivity contribution in [2.45, 2.75) is 50.9 Å². The predicted molar refractivity (Wildman–Crippen MR) is 174 cm³/mol. The summed E-state index contributed by atoms with van der Waals surface area (Å²) in [6.07, 6.45) is -5.25. The van der Waals surface area contributed by atoms with Crippen molar-refractivity contribution in [3.63, 3.8) is 0 Å². The topological polar surface area (TPSA) is 87.7 Å². The van der Waals surface area contributed by atoms with Gasteiger partial charge in [0, 0.05) is 24.3 Å². The highest BCUT2D eigenvalue weighted by Gasteiger charge is 2.49. The second kappa shape index (κ2) is 13.3. The third kappa shape index (κ3) is 7.65. The summed E-state index contributed by atoms with van der Waals surface area (Å²) in [5.74, 6) is -1.06. The van der Waals surface area contributed by atoms with Crippen LogP contribution in [-0.2, 0) is 21.5 Å². The number of halogens is 3. The number of carbonyl (C=O) groups is 3. The lowest BCUT2D eigenvalue weighted by molar-refractivity contribution is -0.141. The minimum atomic E-state index is -4.61. The molecule has 0 atom stereocenters. The molecule has 244 valence electrons. The first-order valence-electron chi connectivity index (χ1n) is 15.2. The Morgan fingerprint density at radius 3 is 1.87 bits per heavy atom. The number of rotatable bonds is 9. The number of hydrogen-bond donors (Lipinski definition) is 2. The van der Waals surface area contributed by atoms with Crippen LogP contribution in [0.25, 0.3) is 11.1 Å². The summed E-state index contributed by atoms with van der Waals surface area (Å²) in [7, 11) is 0. The summed E-state index contributed by atoms with van der Waals surface area (Å²) in [4.78, 5) is 41.6. The maximum Gasteiger partial charge on any atom is 0.410 e. The zero-order valence-electron chi connectivity index (χ0n) is 26.4. The smallest absolute Gasteiger partial charge is 0.410 e. The molecule has 0 aliphatic heterocycles. The first-order chi connectivity index (χ1) is 22.3. The van der Waals surface area contributed by atoms with Crippen LogP contribution in [0.2, 0.25) is 0 Å². The molecule has 5 rings (SSSR count). The Bertz CT molecular complexity index is 1700. The van der Waals surface area contributed by atoms with Gasteiger partial charge in [-0.3, -0.25) is 9.59 Å². The van der Waals surface area contributed by atoms with Crippen LogP contribution in [0.5, 0.6) is 0 Å². The zero-order chi connectivity index (χ0) is 33.8. The molecule has 0 fully saturated rings. The van der Waals surface area contributed by atoms with Crippen molar-refractivity contribution in [2.24, 2.45) is 0 Å². The van der Waals surface area contributed by atoms with E-state index in [0.29, 0.717) is 22.4 Å². The minimum absolute atomic E-state index is 0.00479. The molecule has 0 bridgehead atoms. The van der Waals surface area contributed by atoms with E-state index in [2.05, 4.69) is 10.6 Å². The van der Waals surface area contributed by atoms with Gasteiger partial charge in [0.25, 0.3) is 5.91 Å². The third-order valence-corrected chi connectivity index (χ3v) is 7.93. The van der Waals surface area contributed by atoms with Gasteiger partial charge in [0.1, 0.15) is 17.6 Å². The average molecular weight is 644 g/mol. The van der Waals surface area contributed by atoms with Crippen molar-refractivity contribution >= 4 is 23.6 Å². The number of nitrogens with zero attached hydrogens (tertiary/aromatic N) is 1. The van der Waals surface area contributed by atoms with Crippen molar-refractivity contribution in [2.75, 3.05) is 18.4 Å². The molecular weight excluding hydrogens is 607 g/mol. The molecule has 1 aliphatic rings. The Morgan fingerprint density at radius 2 is 1.32 bits per heavy atom. The molecule has 0 radical (unpaired) electrons. The monoisotopic (exact) mass is 643 g/mol. The van der Waals surface area contributed by atoms with Crippen LogP contribution < -0.4 is 10.6 Å². The lowest BCUT2D eigenvalue weighted by Crippen LogP contribution is -2.49. The summed E-state index contributed by atoms with van der Waals surface area (Å²) in [6.45, 7) is 3.81. The highest BCUT2D eigenvalue weighted by atomic mass is 19.4. The number of fused-ring (bicyclic) bond motifs is 3. The molecule has 0 heterocycles. The van der Waals surface area contributed by atoms with Gasteiger partial charge in [-0.1, -0.05) is 78.9 Å². The Labute approximate surface area is 271 Å². The van der Waals surface area contributed by atoms with E-state index in [-0.39, 0.29) is 25.4 Å². The van der Waals surface area contributed by atoms with Crippen molar-refractivity contribution < 1.29 is 32.3 Å². The van der Waals surface area contributed by atoms with E-state index in [0.717, 1.165) is 16.7 Å².